The first-order valence-electron chi connectivity index (χ1n) is 8.70. The van der Waals surface area contributed by atoms with Crippen molar-refractivity contribution in [2.75, 3.05) is 19.8 Å². The van der Waals surface area contributed by atoms with Crippen LogP contribution < -0.4 is 9.47 Å². The van der Waals surface area contributed by atoms with Gasteiger partial charge in [0.2, 0.25) is 0 Å². The van der Waals surface area contributed by atoms with Crippen LogP contribution in [0.5, 0.6) is 11.5 Å². The SMILES string of the molecule is CCCCOc1ccc(C(=O)OCCOc2cccc(C)c2)cc1C. The highest BCUT2D eigenvalue weighted by Crippen LogP contribution is 2.20. The molecule has 0 heterocycles. The lowest BCUT2D eigenvalue weighted by Gasteiger charge is -2.11. The maximum atomic E-state index is 12.1. The summed E-state index contributed by atoms with van der Waals surface area (Å²) in [5, 5.41) is 0. The van der Waals surface area contributed by atoms with E-state index >= 15 is 0 Å². The molecule has 25 heavy (non-hydrogen) atoms. The Labute approximate surface area is 149 Å². The predicted molar refractivity (Wildman–Crippen MR) is 98.5 cm³/mol. The molecule has 0 aromatic heterocycles. The predicted octanol–water partition coefficient (Wildman–Crippen LogP) is 4.72. The molecule has 2 aromatic rings. The molecule has 0 fully saturated rings. The number of aryl methyl sites for hydroxylation is 2. The van der Waals surface area contributed by atoms with Crippen LogP contribution >= 0.6 is 0 Å². The Kier molecular flexibility index (Phi) is 7.33. The van der Waals surface area contributed by atoms with Crippen molar-refractivity contribution in [3.8, 4) is 11.5 Å². The highest BCUT2D eigenvalue weighted by Gasteiger charge is 2.10. The van der Waals surface area contributed by atoms with Crippen molar-refractivity contribution in [2.45, 2.75) is 33.6 Å². The Bertz CT molecular complexity index is 694. The van der Waals surface area contributed by atoms with Gasteiger partial charge in [0, 0.05) is 0 Å². The maximum Gasteiger partial charge on any atom is 0.338 e. The van der Waals surface area contributed by atoms with Gasteiger partial charge in [0.05, 0.1) is 12.2 Å². The maximum absolute atomic E-state index is 12.1. The molecular weight excluding hydrogens is 316 g/mol. The molecule has 4 nitrogen and oxygen atoms in total. The molecule has 0 saturated heterocycles. The summed E-state index contributed by atoms with van der Waals surface area (Å²) in [4.78, 5) is 12.1. The fraction of sp³-hybridized carbons (Fsp3) is 0.381. The van der Waals surface area contributed by atoms with E-state index in [1.165, 1.54) is 0 Å². The second-order valence-electron chi connectivity index (χ2n) is 5.98. The summed E-state index contributed by atoms with van der Waals surface area (Å²) >= 11 is 0. The monoisotopic (exact) mass is 342 g/mol. The van der Waals surface area contributed by atoms with E-state index in [-0.39, 0.29) is 12.6 Å². The third-order valence-corrected chi connectivity index (χ3v) is 3.74. The van der Waals surface area contributed by atoms with Crippen LogP contribution in [0.15, 0.2) is 42.5 Å². The van der Waals surface area contributed by atoms with E-state index in [4.69, 9.17) is 14.2 Å². The molecule has 0 radical (unpaired) electrons. The summed E-state index contributed by atoms with van der Waals surface area (Å²) in [6.45, 7) is 7.28. The number of benzene rings is 2. The second kappa shape index (κ2) is 9.72. The molecule has 0 unspecified atom stereocenters. The van der Waals surface area contributed by atoms with E-state index in [2.05, 4.69) is 6.92 Å². The lowest BCUT2D eigenvalue weighted by atomic mass is 10.1. The molecule has 0 aliphatic carbocycles. The molecule has 4 heteroatoms. The zero-order valence-corrected chi connectivity index (χ0v) is 15.2. The molecule has 0 N–H and O–H groups in total. The van der Waals surface area contributed by atoms with Crippen LogP contribution in [-0.4, -0.2) is 25.8 Å². The third-order valence-electron chi connectivity index (χ3n) is 3.74. The minimum atomic E-state index is -0.351. The molecule has 0 amide bonds. The minimum absolute atomic E-state index is 0.209. The minimum Gasteiger partial charge on any atom is -0.493 e. The molecule has 0 atom stereocenters. The molecule has 0 aliphatic rings. The highest BCUT2D eigenvalue weighted by molar-refractivity contribution is 5.89. The number of carbonyl (C=O) groups excluding carboxylic acids is 1. The average Bonchev–Trinajstić information content (AvgIpc) is 2.60. The van der Waals surface area contributed by atoms with Crippen LogP contribution in [0.25, 0.3) is 0 Å². The average molecular weight is 342 g/mol. The Hall–Kier alpha value is -2.49. The Balaban J connectivity index is 1.79. The van der Waals surface area contributed by atoms with Crippen LogP contribution in [-0.2, 0) is 4.74 Å². The van der Waals surface area contributed by atoms with Gasteiger partial charge in [-0.15, -0.1) is 0 Å². The van der Waals surface area contributed by atoms with Gasteiger partial charge in [0.1, 0.15) is 24.7 Å². The lowest BCUT2D eigenvalue weighted by Crippen LogP contribution is -2.12. The van der Waals surface area contributed by atoms with Crippen molar-refractivity contribution < 1.29 is 19.0 Å². The van der Waals surface area contributed by atoms with Gasteiger partial charge in [0.15, 0.2) is 0 Å². The Morgan fingerprint density at radius 3 is 2.52 bits per heavy atom. The van der Waals surface area contributed by atoms with E-state index < -0.39 is 0 Å². The van der Waals surface area contributed by atoms with E-state index in [0.29, 0.717) is 18.8 Å². The van der Waals surface area contributed by atoms with Gasteiger partial charge in [-0.2, -0.15) is 0 Å². The molecule has 0 bridgehead atoms. The van der Waals surface area contributed by atoms with Crippen molar-refractivity contribution in [3.05, 3.63) is 59.2 Å². The number of ether oxygens (including phenoxy) is 3. The number of hydrogen-bond acceptors (Lipinski definition) is 4. The standard InChI is InChI=1S/C21H26O4/c1-4-5-11-24-20-10-9-18(15-17(20)3)21(22)25-13-12-23-19-8-6-7-16(2)14-19/h6-10,14-15H,4-5,11-13H2,1-3H3. The molecule has 2 aromatic carbocycles. The number of carbonyl (C=O) groups is 1. The van der Waals surface area contributed by atoms with E-state index in [1.54, 1.807) is 12.1 Å². The Morgan fingerprint density at radius 1 is 0.960 bits per heavy atom. The van der Waals surface area contributed by atoms with Gasteiger partial charge in [-0.05, 0) is 61.7 Å². The van der Waals surface area contributed by atoms with Gasteiger partial charge in [-0.25, -0.2) is 4.79 Å². The molecule has 2 rings (SSSR count). The lowest BCUT2D eigenvalue weighted by molar-refractivity contribution is 0.0450. The Morgan fingerprint density at radius 2 is 1.80 bits per heavy atom. The van der Waals surface area contributed by atoms with Gasteiger partial charge < -0.3 is 14.2 Å². The number of unbranched alkanes of at least 4 members (excludes halogenated alkanes) is 1. The largest absolute Gasteiger partial charge is 0.493 e. The van der Waals surface area contributed by atoms with Crippen molar-refractivity contribution in [1.29, 1.82) is 0 Å². The number of hydrogen-bond donors (Lipinski definition) is 0. The highest BCUT2D eigenvalue weighted by atomic mass is 16.6. The van der Waals surface area contributed by atoms with Crippen molar-refractivity contribution >= 4 is 5.97 Å². The van der Waals surface area contributed by atoms with E-state index in [0.717, 1.165) is 35.5 Å². The summed E-state index contributed by atoms with van der Waals surface area (Å²) in [5.74, 6) is 1.24. The van der Waals surface area contributed by atoms with Gasteiger partial charge in [-0.3, -0.25) is 0 Å². The summed E-state index contributed by atoms with van der Waals surface area (Å²) in [5.41, 5.74) is 2.59. The fourth-order valence-corrected chi connectivity index (χ4v) is 2.35. The van der Waals surface area contributed by atoms with Gasteiger partial charge in [0.25, 0.3) is 0 Å². The zero-order chi connectivity index (χ0) is 18.1. The van der Waals surface area contributed by atoms with E-state index in [1.807, 2.05) is 44.2 Å². The zero-order valence-electron chi connectivity index (χ0n) is 15.2. The first kappa shape index (κ1) is 18.8. The van der Waals surface area contributed by atoms with Crippen LogP contribution in [0, 0.1) is 13.8 Å². The van der Waals surface area contributed by atoms with Gasteiger partial charge >= 0.3 is 5.97 Å². The van der Waals surface area contributed by atoms with Crippen molar-refractivity contribution in [1.82, 2.24) is 0 Å². The van der Waals surface area contributed by atoms with Crippen LogP contribution in [0.3, 0.4) is 0 Å². The first-order chi connectivity index (χ1) is 12.1. The van der Waals surface area contributed by atoms with Crippen LogP contribution in [0.2, 0.25) is 0 Å². The normalized spacial score (nSPS) is 10.4. The summed E-state index contributed by atoms with van der Waals surface area (Å²) in [6, 6.07) is 13.1. The summed E-state index contributed by atoms with van der Waals surface area (Å²) in [6.07, 6.45) is 2.11. The summed E-state index contributed by atoms with van der Waals surface area (Å²) < 4.78 is 16.5. The molecular formula is C21H26O4. The number of esters is 1. The number of rotatable bonds is 9. The third kappa shape index (κ3) is 6.14. The van der Waals surface area contributed by atoms with Crippen LogP contribution in [0.4, 0.5) is 0 Å². The smallest absolute Gasteiger partial charge is 0.338 e. The molecule has 0 saturated carbocycles. The fourth-order valence-electron chi connectivity index (χ4n) is 2.35. The molecule has 134 valence electrons. The van der Waals surface area contributed by atoms with Crippen molar-refractivity contribution in [3.63, 3.8) is 0 Å². The van der Waals surface area contributed by atoms with Crippen molar-refractivity contribution in [2.24, 2.45) is 0 Å². The quantitative estimate of drug-likeness (QED) is 0.489. The molecule has 0 aliphatic heterocycles. The summed E-state index contributed by atoms with van der Waals surface area (Å²) in [7, 11) is 0. The van der Waals surface area contributed by atoms with E-state index in [9.17, 15) is 4.79 Å². The second-order valence-corrected chi connectivity index (χ2v) is 5.98. The molecule has 0 spiro atoms. The van der Waals surface area contributed by atoms with Gasteiger partial charge in [-0.1, -0.05) is 25.5 Å². The topological polar surface area (TPSA) is 44.8 Å². The van der Waals surface area contributed by atoms with Crippen LogP contribution in [0.1, 0.15) is 41.3 Å². The first-order valence-corrected chi connectivity index (χ1v) is 8.70.